The van der Waals surface area contributed by atoms with Crippen molar-refractivity contribution in [2.24, 2.45) is 11.7 Å². The van der Waals surface area contributed by atoms with Gasteiger partial charge in [-0.2, -0.15) is 0 Å². The summed E-state index contributed by atoms with van der Waals surface area (Å²) in [4.78, 5) is 23.3. The number of hydrogen-bond acceptors (Lipinski definition) is 4. The van der Waals surface area contributed by atoms with Crippen LogP contribution in [0.5, 0.6) is 5.75 Å². The van der Waals surface area contributed by atoms with Crippen LogP contribution in [0.25, 0.3) is 10.8 Å². The molecule has 2 rings (SSSR count). The molecule has 4 nitrogen and oxygen atoms in total. The molecule has 2 aromatic rings. The fourth-order valence-corrected chi connectivity index (χ4v) is 2.27. The van der Waals surface area contributed by atoms with E-state index in [1.165, 1.54) is 0 Å². The van der Waals surface area contributed by atoms with Gasteiger partial charge in [-0.3, -0.25) is 4.79 Å². The minimum absolute atomic E-state index is 0.257. The maximum absolute atomic E-state index is 12.0. The van der Waals surface area contributed by atoms with Crippen LogP contribution >= 0.6 is 0 Å². The molecule has 2 aromatic carbocycles. The van der Waals surface area contributed by atoms with Crippen LogP contribution in [0, 0.1) is 5.92 Å². The normalized spacial score (nSPS) is 12.4. The molecule has 0 unspecified atom stereocenters. The number of ether oxygens (including phenoxy) is 1. The molecule has 0 spiro atoms. The van der Waals surface area contributed by atoms with E-state index >= 15 is 0 Å². The van der Waals surface area contributed by atoms with E-state index in [0.717, 1.165) is 10.8 Å². The Morgan fingerprint density at radius 1 is 1.24 bits per heavy atom. The molecule has 0 saturated heterocycles. The van der Waals surface area contributed by atoms with Crippen LogP contribution in [-0.4, -0.2) is 18.3 Å². The number of nitrogens with two attached hydrogens (primary N) is 1. The molecule has 21 heavy (non-hydrogen) atoms. The van der Waals surface area contributed by atoms with Crippen LogP contribution in [0.15, 0.2) is 36.4 Å². The minimum Gasteiger partial charge on any atom is -0.425 e. The van der Waals surface area contributed by atoms with Gasteiger partial charge in [-0.05, 0) is 29.2 Å². The highest BCUT2D eigenvalue weighted by atomic mass is 16.5. The van der Waals surface area contributed by atoms with E-state index < -0.39 is 12.0 Å². The van der Waals surface area contributed by atoms with Crippen molar-refractivity contribution < 1.29 is 14.3 Å². The van der Waals surface area contributed by atoms with Gasteiger partial charge in [-0.25, -0.2) is 4.79 Å². The molecule has 0 aliphatic carbocycles. The Kier molecular flexibility index (Phi) is 4.70. The molecular formula is C17H19NO3. The Morgan fingerprint density at radius 2 is 1.95 bits per heavy atom. The Balaban J connectivity index is 2.30. The predicted molar refractivity (Wildman–Crippen MR) is 82.4 cm³/mol. The Labute approximate surface area is 123 Å². The van der Waals surface area contributed by atoms with Crippen molar-refractivity contribution in [3.63, 3.8) is 0 Å². The lowest BCUT2D eigenvalue weighted by atomic mass is 10.0. The molecule has 0 aromatic heterocycles. The third-order valence-electron chi connectivity index (χ3n) is 3.29. The molecule has 0 radical (unpaired) electrons. The van der Waals surface area contributed by atoms with Crippen LogP contribution in [0.2, 0.25) is 0 Å². The second-order valence-electron chi connectivity index (χ2n) is 5.47. The smallest absolute Gasteiger partial charge is 0.328 e. The van der Waals surface area contributed by atoms with E-state index in [9.17, 15) is 9.59 Å². The zero-order valence-corrected chi connectivity index (χ0v) is 12.2. The number of benzene rings is 2. The average Bonchev–Trinajstić information content (AvgIpc) is 2.46. The van der Waals surface area contributed by atoms with Crippen molar-refractivity contribution in [2.75, 3.05) is 0 Å². The van der Waals surface area contributed by atoms with Crippen molar-refractivity contribution in [2.45, 2.75) is 26.3 Å². The highest BCUT2D eigenvalue weighted by Crippen LogP contribution is 2.27. The number of carbonyl (C=O) groups is 2. The van der Waals surface area contributed by atoms with Gasteiger partial charge in [0.15, 0.2) is 6.29 Å². The zero-order chi connectivity index (χ0) is 15.4. The van der Waals surface area contributed by atoms with Crippen molar-refractivity contribution in [3.05, 3.63) is 42.0 Å². The first-order chi connectivity index (χ1) is 10.0. The monoisotopic (exact) mass is 285 g/mol. The number of hydrogen-bond donors (Lipinski definition) is 1. The van der Waals surface area contributed by atoms with Gasteiger partial charge in [-0.1, -0.05) is 44.2 Å². The lowest BCUT2D eigenvalue weighted by molar-refractivity contribution is -0.136. The summed E-state index contributed by atoms with van der Waals surface area (Å²) in [6.07, 6.45) is 1.25. The summed E-state index contributed by atoms with van der Waals surface area (Å²) in [5, 5.41) is 1.68. The molecule has 0 saturated carbocycles. The maximum atomic E-state index is 12.0. The molecule has 4 heteroatoms. The number of fused-ring (bicyclic) bond motifs is 1. The molecule has 0 fully saturated rings. The molecule has 110 valence electrons. The second-order valence-corrected chi connectivity index (χ2v) is 5.47. The zero-order valence-electron chi connectivity index (χ0n) is 12.2. The number of aldehydes is 1. The van der Waals surface area contributed by atoms with Crippen molar-refractivity contribution in [3.8, 4) is 5.75 Å². The van der Waals surface area contributed by atoms with Crippen LogP contribution in [0.1, 0.15) is 30.6 Å². The van der Waals surface area contributed by atoms with E-state index in [0.29, 0.717) is 24.2 Å². The number of rotatable bonds is 5. The van der Waals surface area contributed by atoms with E-state index in [1.54, 1.807) is 6.07 Å². The largest absolute Gasteiger partial charge is 0.425 e. The van der Waals surface area contributed by atoms with Crippen LogP contribution < -0.4 is 10.5 Å². The standard InChI is InChI=1S/C17H19NO3/c1-11(2)9-15(18)17(20)21-16-8-7-12-5-3-4-6-13(12)14(16)10-19/h3-8,10-11,15H,9,18H2,1-2H3/t15-/m0/s1. The Bertz CT molecular complexity index is 664. The molecule has 0 bridgehead atoms. The maximum Gasteiger partial charge on any atom is 0.328 e. The lowest BCUT2D eigenvalue weighted by Crippen LogP contribution is -2.35. The number of esters is 1. The van der Waals surface area contributed by atoms with Crippen molar-refractivity contribution in [1.29, 1.82) is 0 Å². The quantitative estimate of drug-likeness (QED) is 0.521. The van der Waals surface area contributed by atoms with Gasteiger partial charge in [0, 0.05) is 0 Å². The topological polar surface area (TPSA) is 69.4 Å². The average molecular weight is 285 g/mol. The first-order valence-electron chi connectivity index (χ1n) is 6.97. The summed E-state index contributed by atoms with van der Waals surface area (Å²) in [5.41, 5.74) is 6.18. The Hall–Kier alpha value is -2.20. The van der Waals surface area contributed by atoms with E-state index in [4.69, 9.17) is 10.5 Å². The summed E-state index contributed by atoms with van der Waals surface area (Å²) in [7, 11) is 0. The van der Waals surface area contributed by atoms with Gasteiger partial charge in [0.05, 0.1) is 5.56 Å². The van der Waals surface area contributed by atoms with Crippen LogP contribution in [0.3, 0.4) is 0 Å². The molecule has 0 amide bonds. The first kappa shape index (κ1) is 15.2. The summed E-state index contributed by atoms with van der Waals surface area (Å²) in [6, 6.07) is 10.2. The highest BCUT2D eigenvalue weighted by molar-refractivity contribution is 6.01. The van der Waals surface area contributed by atoms with Gasteiger partial charge in [0.1, 0.15) is 11.8 Å². The molecule has 2 N–H and O–H groups in total. The van der Waals surface area contributed by atoms with Gasteiger partial charge in [-0.15, -0.1) is 0 Å². The van der Waals surface area contributed by atoms with Crippen molar-refractivity contribution >= 4 is 23.0 Å². The van der Waals surface area contributed by atoms with E-state index in [2.05, 4.69) is 0 Å². The molecule has 0 aliphatic heterocycles. The van der Waals surface area contributed by atoms with Crippen molar-refractivity contribution in [1.82, 2.24) is 0 Å². The second kappa shape index (κ2) is 6.50. The minimum atomic E-state index is -0.684. The summed E-state index contributed by atoms with van der Waals surface area (Å²) in [6.45, 7) is 3.97. The molecule has 0 aliphatic rings. The lowest BCUT2D eigenvalue weighted by Gasteiger charge is -2.14. The summed E-state index contributed by atoms with van der Waals surface area (Å²) >= 11 is 0. The molecule has 1 atom stereocenters. The predicted octanol–water partition coefficient (Wildman–Crippen LogP) is 2.93. The summed E-state index contributed by atoms with van der Waals surface area (Å²) in [5.74, 6) is 0.0460. The Morgan fingerprint density at radius 3 is 2.62 bits per heavy atom. The first-order valence-corrected chi connectivity index (χ1v) is 6.97. The van der Waals surface area contributed by atoms with Crippen LogP contribution in [-0.2, 0) is 4.79 Å². The SMILES string of the molecule is CC(C)C[C@H](N)C(=O)Oc1ccc2ccccc2c1C=O. The third kappa shape index (κ3) is 3.47. The van der Waals surface area contributed by atoms with Gasteiger partial charge in [0.2, 0.25) is 0 Å². The summed E-state index contributed by atoms with van der Waals surface area (Å²) < 4.78 is 5.31. The van der Waals surface area contributed by atoms with Gasteiger partial charge in [0.25, 0.3) is 0 Å². The number of carbonyl (C=O) groups excluding carboxylic acids is 2. The fourth-order valence-electron chi connectivity index (χ4n) is 2.27. The highest BCUT2D eigenvalue weighted by Gasteiger charge is 2.19. The molecule has 0 heterocycles. The van der Waals surface area contributed by atoms with Gasteiger partial charge >= 0.3 is 5.97 Å². The van der Waals surface area contributed by atoms with E-state index in [-0.39, 0.29) is 5.75 Å². The molecular weight excluding hydrogens is 266 g/mol. The van der Waals surface area contributed by atoms with E-state index in [1.807, 2.05) is 44.2 Å². The third-order valence-corrected chi connectivity index (χ3v) is 3.29. The van der Waals surface area contributed by atoms with Gasteiger partial charge < -0.3 is 10.5 Å². The van der Waals surface area contributed by atoms with Crippen LogP contribution in [0.4, 0.5) is 0 Å². The fraction of sp³-hybridized carbons (Fsp3) is 0.294.